The third-order valence-corrected chi connectivity index (χ3v) is 5.05. The lowest BCUT2D eigenvalue weighted by molar-refractivity contribution is 0.870. The fourth-order valence-electron chi connectivity index (χ4n) is 3.31. The molecule has 0 aliphatic carbocycles. The first-order valence-corrected chi connectivity index (χ1v) is 9.34. The first kappa shape index (κ1) is 18.7. The summed E-state index contributed by atoms with van der Waals surface area (Å²) in [6, 6.07) is 15.7. The number of rotatable bonds is 4. The molecule has 0 saturated heterocycles. The van der Waals surface area contributed by atoms with Gasteiger partial charge in [0.25, 0.3) is 0 Å². The van der Waals surface area contributed by atoms with E-state index in [1.165, 1.54) is 6.33 Å². The van der Waals surface area contributed by atoms with Crippen LogP contribution in [0.3, 0.4) is 0 Å². The number of benzene rings is 2. The summed E-state index contributed by atoms with van der Waals surface area (Å²) >= 11 is 4.66. The Bertz CT molecular complexity index is 1240. The third-order valence-electron chi connectivity index (χ3n) is 4.68. The van der Waals surface area contributed by atoms with Crippen LogP contribution in [0.4, 0.5) is 11.6 Å². The summed E-state index contributed by atoms with van der Waals surface area (Å²) in [5.41, 5.74) is 9.72. The molecule has 29 heavy (non-hydrogen) atoms. The van der Waals surface area contributed by atoms with Crippen LogP contribution in [0.2, 0.25) is 0 Å². The van der Waals surface area contributed by atoms with Gasteiger partial charge in [0.15, 0.2) is 0 Å². The molecule has 0 radical (unpaired) electrons. The standard InChI is InChI=1S/C21H17N7S/c1-12(27-21-16(10-22)20(23)24-11-25-21)15-9-17(29)14-7-8-26-28-19(14)18(15)13-5-3-2-4-6-13/h2-9,11-12,29H,1H3,(H3,23,24,25,27). The van der Waals surface area contributed by atoms with Crippen molar-refractivity contribution < 1.29 is 0 Å². The van der Waals surface area contributed by atoms with Gasteiger partial charge >= 0.3 is 0 Å². The second kappa shape index (κ2) is 7.73. The molecule has 4 aromatic rings. The fourth-order valence-corrected chi connectivity index (χ4v) is 3.63. The lowest BCUT2D eigenvalue weighted by Gasteiger charge is -2.21. The van der Waals surface area contributed by atoms with E-state index in [1.54, 1.807) is 6.20 Å². The van der Waals surface area contributed by atoms with Crippen LogP contribution in [0.15, 0.2) is 59.9 Å². The molecule has 142 valence electrons. The van der Waals surface area contributed by atoms with Crippen LogP contribution < -0.4 is 11.1 Å². The highest BCUT2D eigenvalue weighted by molar-refractivity contribution is 7.80. The number of thiol groups is 1. The molecule has 2 heterocycles. The highest BCUT2D eigenvalue weighted by atomic mass is 32.1. The lowest BCUT2D eigenvalue weighted by Crippen LogP contribution is -2.12. The topological polar surface area (TPSA) is 113 Å². The van der Waals surface area contributed by atoms with E-state index >= 15 is 0 Å². The average Bonchev–Trinajstić information content (AvgIpc) is 2.74. The van der Waals surface area contributed by atoms with Crippen LogP contribution in [-0.2, 0) is 0 Å². The van der Waals surface area contributed by atoms with Crippen molar-refractivity contribution in [3.63, 3.8) is 0 Å². The minimum atomic E-state index is -0.219. The van der Waals surface area contributed by atoms with Gasteiger partial charge in [-0.25, -0.2) is 9.97 Å². The number of nitrogens with one attached hydrogen (secondary N) is 1. The highest BCUT2D eigenvalue weighted by Crippen LogP contribution is 2.38. The van der Waals surface area contributed by atoms with Gasteiger partial charge in [0.2, 0.25) is 0 Å². The van der Waals surface area contributed by atoms with Crippen LogP contribution in [0.1, 0.15) is 24.1 Å². The Balaban J connectivity index is 1.90. The van der Waals surface area contributed by atoms with E-state index < -0.39 is 0 Å². The van der Waals surface area contributed by atoms with Crippen LogP contribution in [0, 0.1) is 11.3 Å². The number of nitrogens with two attached hydrogens (primary N) is 1. The predicted octanol–water partition coefficient (Wildman–Crippen LogP) is 4.00. The zero-order valence-corrected chi connectivity index (χ0v) is 16.4. The van der Waals surface area contributed by atoms with Crippen molar-refractivity contribution in [2.75, 3.05) is 11.1 Å². The number of anilines is 2. The van der Waals surface area contributed by atoms with Crippen molar-refractivity contribution in [3.8, 4) is 17.2 Å². The minimum absolute atomic E-state index is 0.139. The minimum Gasteiger partial charge on any atom is -0.382 e. The maximum atomic E-state index is 9.42. The molecule has 0 aliphatic rings. The van der Waals surface area contributed by atoms with E-state index in [4.69, 9.17) is 5.73 Å². The van der Waals surface area contributed by atoms with Gasteiger partial charge in [0, 0.05) is 15.8 Å². The van der Waals surface area contributed by atoms with Crippen LogP contribution in [0.5, 0.6) is 0 Å². The largest absolute Gasteiger partial charge is 0.382 e. The van der Waals surface area contributed by atoms with Crippen molar-refractivity contribution in [3.05, 3.63) is 66.1 Å². The number of nitrogens with zero attached hydrogens (tertiary/aromatic N) is 5. The number of hydrogen-bond donors (Lipinski definition) is 3. The molecule has 7 nitrogen and oxygen atoms in total. The van der Waals surface area contributed by atoms with Gasteiger partial charge in [0.1, 0.15) is 35.1 Å². The molecular weight excluding hydrogens is 382 g/mol. The average molecular weight is 399 g/mol. The zero-order chi connectivity index (χ0) is 20.4. The zero-order valence-electron chi connectivity index (χ0n) is 15.5. The van der Waals surface area contributed by atoms with E-state index in [1.807, 2.05) is 49.4 Å². The molecule has 0 saturated carbocycles. The van der Waals surface area contributed by atoms with Gasteiger partial charge < -0.3 is 11.1 Å². The smallest absolute Gasteiger partial charge is 0.150 e. The number of nitriles is 1. The summed E-state index contributed by atoms with van der Waals surface area (Å²) in [5.74, 6) is 0.520. The van der Waals surface area contributed by atoms with E-state index in [0.717, 1.165) is 32.5 Å². The maximum absolute atomic E-state index is 9.42. The Morgan fingerprint density at radius 3 is 2.72 bits per heavy atom. The normalized spacial score (nSPS) is 11.8. The molecule has 0 bridgehead atoms. The number of aromatic nitrogens is 4. The maximum Gasteiger partial charge on any atom is 0.150 e. The van der Waals surface area contributed by atoms with Crippen LogP contribution >= 0.6 is 12.6 Å². The fraction of sp³-hybridized carbons (Fsp3) is 0.0952. The molecule has 0 spiro atoms. The summed E-state index contributed by atoms with van der Waals surface area (Å²) in [4.78, 5) is 8.87. The summed E-state index contributed by atoms with van der Waals surface area (Å²) in [5, 5.41) is 22.1. The second-order valence-electron chi connectivity index (χ2n) is 6.48. The quantitative estimate of drug-likeness (QED) is 0.444. The predicted molar refractivity (Wildman–Crippen MR) is 115 cm³/mol. The number of fused-ring (bicyclic) bond motifs is 1. The summed E-state index contributed by atoms with van der Waals surface area (Å²) in [7, 11) is 0. The first-order valence-electron chi connectivity index (χ1n) is 8.90. The van der Waals surface area contributed by atoms with Crippen LogP contribution in [-0.4, -0.2) is 20.2 Å². The van der Waals surface area contributed by atoms with Gasteiger partial charge in [0.05, 0.1) is 12.2 Å². The Hall–Kier alpha value is -3.70. The Morgan fingerprint density at radius 1 is 1.17 bits per heavy atom. The van der Waals surface area contributed by atoms with E-state index in [9.17, 15) is 5.26 Å². The van der Waals surface area contributed by atoms with Crippen molar-refractivity contribution in [2.24, 2.45) is 0 Å². The summed E-state index contributed by atoms with van der Waals surface area (Å²) in [6.45, 7) is 1.98. The molecule has 1 atom stereocenters. The van der Waals surface area contributed by atoms with Gasteiger partial charge in [-0.15, -0.1) is 17.7 Å². The molecule has 0 fully saturated rings. The summed E-state index contributed by atoms with van der Waals surface area (Å²) < 4.78 is 0. The van der Waals surface area contributed by atoms with Gasteiger partial charge in [-0.05, 0) is 30.2 Å². The molecule has 2 aromatic heterocycles. The third kappa shape index (κ3) is 3.44. The molecule has 4 rings (SSSR count). The SMILES string of the molecule is CC(Nc1ncnc(N)c1C#N)c1cc(S)c2ccnnc2c1-c1ccccc1. The second-order valence-corrected chi connectivity index (χ2v) is 6.96. The summed E-state index contributed by atoms with van der Waals surface area (Å²) in [6.07, 6.45) is 2.99. The van der Waals surface area contributed by atoms with Crippen LogP contribution in [0.25, 0.3) is 22.0 Å². The lowest BCUT2D eigenvalue weighted by atomic mass is 9.92. The molecule has 3 N–H and O–H groups in total. The van der Waals surface area contributed by atoms with Gasteiger partial charge in [-0.1, -0.05) is 30.3 Å². The van der Waals surface area contributed by atoms with Gasteiger partial charge in [-0.2, -0.15) is 10.4 Å². The van der Waals surface area contributed by atoms with E-state index in [-0.39, 0.29) is 17.4 Å². The van der Waals surface area contributed by atoms with Crippen molar-refractivity contribution in [1.82, 2.24) is 20.2 Å². The molecule has 2 aromatic carbocycles. The molecule has 1 unspecified atom stereocenters. The Kier molecular flexibility index (Phi) is 4.97. The van der Waals surface area contributed by atoms with E-state index in [0.29, 0.717) is 5.82 Å². The molecule has 0 amide bonds. The van der Waals surface area contributed by atoms with Crippen molar-refractivity contribution in [1.29, 1.82) is 5.26 Å². The van der Waals surface area contributed by atoms with E-state index in [2.05, 4.69) is 44.2 Å². The molecular formula is C21H17N7S. The first-order chi connectivity index (χ1) is 14.1. The molecule has 8 heteroatoms. The Morgan fingerprint density at radius 2 is 1.97 bits per heavy atom. The highest BCUT2D eigenvalue weighted by Gasteiger charge is 2.20. The van der Waals surface area contributed by atoms with Crippen molar-refractivity contribution in [2.45, 2.75) is 17.9 Å². The van der Waals surface area contributed by atoms with Crippen molar-refractivity contribution >= 4 is 35.2 Å². The Labute approximate surface area is 173 Å². The van der Waals surface area contributed by atoms with Gasteiger partial charge in [-0.3, -0.25) is 0 Å². The molecule has 0 aliphatic heterocycles. The number of nitrogen functional groups attached to an aromatic ring is 1. The number of hydrogen-bond acceptors (Lipinski definition) is 8. The monoisotopic (exact) mass is 399 g/mol.